The van der Waals surface area contributed by atoms with Gasteiger partial charge in [0.15, 0.2) is 0 Å². The third-order valence-corrected chi connectivity index (χ3v) is 5.38. The van der Waals surface area contributed by atoms with Crippen LogP contribution in [-0.2, 0) is 6.42 Å². The van der Waals surface area contributed by atoms with E-state index in [1.54, 1.807) is 0 Å². The summed E-state index contributed by atoms with van der Waals surface area (Å²) in [6.45, 7) is 2.49. The van der Waals surface area contributed by atoms with E-state index < -0.39 is 0 Å². The van der Waals surface area contributed by atoms with Crippen LogP contribution in [0.3, 0.4) is 0 Å². The lowest BCUT2D eigenvalue weighted by Gasteiger charge is -2.41. The maximum absolute atomic E-state index is 3.58. The Kier molecular flexibility index (Phi) is 4.63. The van der Waals surface area contributed by atoms with Crippen LogP contribution in [-0.4, -0.2) is 13.1 Å². The minimum Gasteiger partial charge on any atom is -0.316 e. The van der Waals surface area contributed by atoms with Crippen LogP contribution in [0.2, 0.25) is 0 Å². The lowest BCUT2D eigenvalue weighted by Crippen LogP contribution is -2.43. The van der Waals surface area contributed by atoms with E-state index in [0.29, 0.717) is 11.5 Å². The summed E-state index contributed by atoms with van der Waals surface area (Å²) in [4.78, 5) is 1.53. The van der Waals surface area contributed by atoms with Gasteiger partial charge >= 0.3 is 0 Å². The number of nitrogens with one attached hydrogen (secondary N) is 1. The first-order valence-corrected chi connectivity index (χ1v) is 7.82. The molecule has 0 spiro atoms. The summed E-state index contributed by atoms with van der Waals surface area (Å²) in [7, 11) is 2.14. The van der Waals surface area contributed by atoms with Crippen molar-refractivity contribution in [1.82, 2.24) is 5.32 Å². The number of rotatable bonds is 5. The predicted molar refractivity (Wildman–Crippen MR) is 76.7 cm³/mol. The topological polar surface area (TPSA) is 12.0 Å². The summed E-state index contributed by atoms with van der Waals surface area (Å²) >= 11 is 1.89. The first kappa shape index (κ1) is 13.1. The van der Waals surface area contributed by atoms with E-state index in [2.05, 4.69) is 36.8 Å². The molecule has 0 aliphatic heterocycles. The van der Waals surface area contributed by atoms with Crippen LogP contribution in [0.25, 0.3) is 0 Å². The summed E-state index contributed by atoms with van der Waals surface area (Å²) in [5, 5.41) is 5.77. The molecule has 0 radical (unpaired) electrons. The average molecular weight is 251 g/mol. The van der Waals surface area contributed by atoms with Gasteiger partial charge in [-0.25, -0.2) is 0 Å². The molecule has 1 fully saturated rings. The molecule has 0 saturated heterocycles. The number of hydrogen-bond donors (Lipinski definition) is 1. The average Bonchev–Trinajstić information content (AvgIpc) is 2.83. The van der Waals surface area contributed by atoms with E-state index in [9.17, 15) is 0 Å². The van der Waals surface area contributed by atoms with Gasteiger partial charge in [0.1, 0.15) is 0 Å². The third-order valence-electron chi connectivity index (χ3n) is 4.45. The lowest BCUT2D eigenvalue weighted by atomic mass is 9.69. The van der Waals surface area contributed by atoms with Gasteiger partial charge in [0, 0.05) is 10.9 Å². The summed E-state index contributed by atoms with van der Waals surface area (Å²) in [5.41, 5.74) is 0.532. The van der Waals surface area contributed by atoms with Gasteiger partial charge in [-0.1, -0.05) is 32.3 Å². The summed E-state index contributed by atoms with van der Waals surface area (Å²) in [6, 6.07) is 5.11. The summed E-state index contributed by atoms with van der Waals surface area (Å²) in [5.74, 6) is 0. The van der Waals surface area contributed by atoms with Gasteiger partial charge in [0.25, 0.3) is 0 Å². The maximum atomic E-state index is 3.58. The van der Waals surface area contributed by atoms with Crippen molar-refractivity contribution in [2.75, 3.05) is 7.05 Å². The molecule has 96 valence electrons. The molecule has 1 atom stereocenters. The zero-order valence-corrected chi connectivity index (χ0v) is 12.0. The Balaban J connectivity index is 1.91. The molecule has 1 N–H and O–H groups in total. The van der Waals surface area contributed by atoms with Crippen LogP contribution in [0.5, 0.6) is 0 Å². The minimum absolute atomic E-state index is 0.532. The molecular formula is C15H25NS. The van der Waals surface area contributed by atoms with Crippen LogP contribution >= 0.6 is 11.3 Å². The molecular weight excluding hydrogens is 226 g/mol. The van der Waals surface area contributed by atoms with Crippen molar-refractivity contribution in [3.8, 4) is 0 Å². The monoisotopic (exact) mass is 251 g/mol. The first-order valence-electron chi connectivity index (χ1n) is 6.94. The maximum Gasteiger partial charge on any atom is 0.0121 e. The molecule has 1 saturated carbocycles. The van der Waals surface area contributed by atoms with Crippen LogP contribution in [0.1, 0.15) is 50.3 Å². The highest BCUT2D eigenvalue weighted by Crippen LogP contribution is 2.40. The standard InChI is InChI=1S/C15H25NS/c1-15(10-4-3-5-11-15)14(16-2)9-8-13-7-6-12-17-13/h6-7,12,14,16H,3-5,8-11H2,1-2H3. The lowest BCUT2D eigenvalue weighted by molar-refractivity contribution is 0.143. The number of aryl methyl sites for hydroxylation is 1. The number of hydrogen-bond acceptors (Lipinski definition) is 2. The molecule has 1 heterocycles. The van der Waals surface area contributed by atoms with Gasteiger partial charge in [-0.3, -0.25) is 0 Å². The van der Waals surface area contributed by atoms with E-state index in [-0.39, 0.29) is 0 Å². The van der Waals surface area contributed by atoms with Crippen molar-refractivity contribution >= 4 is 11.3 Å². The molecule has 0 aromatic carbocycles. The summed E-state index contributed by atoms with van der Waals surface area (Å²) in [6.07, 6.45) is 9.62. The molecule has 0 bridgehead atoms. The third kappa shape index (κ3) is 3.32. The highest BCUT2D eigenvalue weighted by atomic mass is 32.1. The zero-order chi connectivity index (χ0) is 12.1. The van der Waals surface area contributed by atoms with Crippen LogP contribution in [0.4, 0.5) is 0 Å². The van der Waals surface area contributed by atoms with Crippen LogP contribution in [0.15, 0.2) is 17.5 Å². The van der Waals surface area contributed by atoms with Gasteiger partial charge in [-0.2, -0.15) is 0 Å². The Hall–Kier alpha value is -0.340. The molecule has 1 nitrogen and oxygen atoms in total. The fourth-order valence-electron chi connectivity index (χ4n) is 3.29. The smallest absolute Gasteiger partial charge is 0.0121 e. The van der Waals surface area contributed by atoms with Crippen molar-refractivity contribution < 1.29 is 0 Å². The van der Waals surface area contributed by atoms with Crippen LogP contribution < -0.4 is 5.32 Å². The van der Waals surface area contributed by atoms with Crippen molar-refractivity contribution in [2.24, 2.45) is 5.41 Å². The van der Waals surface area contributed by atoms with Crippen molar-refractivity contribution in [3.05, 3.63) is 22.4 Å². The highest BCUT2D eigenvalue weighted by Gasteiger charge is 2.34. The second-order valence-corrected chi connectivity index (χ2v) is 6.71. The molecule has 1 aliphatic rings. The fraction of sp³-hybridized carbons (Fsp3) is 0.733. The van der Waals surface area contributed by atoms with Gasteiger partial charge < -0.3 is 5.32 Å². The van der Waals surface area contributed by atoms with E-state index in [4.69, 9.17) is 0 Å². The largest absolute Gasteiger partial charge is 0.316 e. The highest BCUT2D eigenvalue weighted by molar-refractivity contribution is 7.09. The molecule has 1 aliphatic carbocycles. The van der Waals surface area contributed by atoms with Gasteiger partial charge in [-0.15, -0.1) is 11.3 Å². The minimum atomic E-state index is 0.532. The van der Waals surface area contributed by atoms with Crippen molar-refractivity contribution in [3.63, 3.8) is 0 Å². The van der Waals surface area contributed by atoms with E-state index in [1.165, 1.54) is 49.8 Å². The fourth-order valence-corrected chi connectivity index (χ4v) is 4.02. The summed E-state index contributed by atoms with van der Waals surface area (Å²) < 4.78 is 0. The molecule has 17 heavy (non-hydrogen) atoms. The molecule has 1 aromatic heterocycles. The predicted octanol–water partition coefficient (Wildman–Crippen LogP) is 4.24. The molecule has 1 unspecified atom stereocenters. The molecule has 2 heteroatoms. The molecule has 2 rings (SSSR count). The SMILES string of the molecule is CNC(CCc1cccs1)C1(C)CCCCC1. The van der Waals surface area contributed by atoms with E-state index in [1.807, 2.05) is 11.3 Å². The Labute approximate surface area is 110 Å². The quantitative estimate of drug-likeness (QED) is 0.825. The Morgan fingerprint density at radius 2 is 2.12 bits per heavy atom. The van der Waals surface area contributed by atoms with Crippen molar-refractivity contribution in [2.45, 2.75) is 57.9 Å². The normalized spacial score (nSPS) is 21.3. The second kappa shape index (κ2) is 6.01. The van der Waals surface area contributed by atoms with E-state index >= 15 is 0 Å². The van der Waals surface area contributed by atoms with E-state index in [0.717, 1.165) is 0 Å². The Bertz CT molecular complexity index is 312. The zero-order valence-electron chi connectivity index (χ0n) is 11.2. The second-order valence-electron chi connectivity index (χ2n) is 5.67. The molecule has 1 aromatic rings. The van der Waals surface area contributed by atoms with Crippen LogP contribution in [0, 0.1) is 5.41 Å². The van der Waals surface area contributed by atoms with Crippen molar-refractivity contribution in [1.29, 1.82) is 0 Å². The van der Waals surface area contributed by atoms with Gasteiger partial charge in [-0.05, 0) is 49.6 Å². The first-order chi connectivity index (χ1) is 8.24. The number of thiophene rings is 1. The van der Waals surface area contributed by atoms with Gasteiger partial charge in [0.2, 0.25) is 0 Å². The Morgan fingerprint density at radius 1 is 1.35 bits per heavy atom. The van der Waals surface area contributed by atoms with Gasteiger partial charge in [0.05, 0.1) is 0 Å². The molecule has 0 amide bonds. The Morgan fingerprint density at radius 3 is 2.71 bits per heavy atom.